The lowest BCUT2D eigenvalue weighted by molar-refractivity contribution is -0.218. The lowest BCUT2D eigenvalue weighted by Gasteiger charge is -2.72. The highest BCUT2D eigenvalue weighted by molar-refractivity contribution is 5.78. The van der Waals surface area contributed by atoms with Crippen molar-refractivity contribution in [3.8, 4) is 0 Å². The minimum absolute atomic E-state index is 0.255. The second kappa shape index (κ2) is 2.51. The van der Waals surface area contributed by atoms with Gasteiger partial charge in [0.2, 0.25) is 5.91 Å². The Balaban J connectivity index is 1.71. The zero-order chi connectivity index (χ0) is 9.92. The summed E-state index contributed by atoms with van der Waals surface area (Å²) in [5, 5.41) is 2.78. The van der Waals surface area contributed by atoms with Gasteiger partial charge in [-0.2, -0.15) is 0 Å². The first-order chi connectivity index (χ1) is 6.64. The van der Waals surface area contributed by atoms with Crippen LogP contribution in [0, 0.1) is 5.92 Å². The van der Waals surface area contributed by atoms with E-state index in [-0.39, 0.29) is 11.8 Å². The molecule has 3 heteroatoms. The van der Waals surface area contributed by atoms with Gasteiger partial charge < -0.3 is 5.32 Å². The Labute approximate surface area is 84.8 Å². The molecule has 3 nitrogen and oxygen atoms in total. The Morgan fingerprint density at radius 1 is 1.36 bits per heavy atom. The predicted octanol–water partition coefficient (Wildman–Crippen LogP) is 0.748. The maximum absolute atomic E-state index is 11.6. The summed E-state index contributed by atoms with van der Waals surface area (Å²) in [6.45, 7) is 2.36. The third-order valence-corrected chi connectivity index (χ3v) is 4.49. The molecule has 0 aromatic heterocycles. The number of carbonyl (C=O) groups is 1. The zero-order valence-electron chi connectivity index (χ0n) is 8.92. The molecule has 3 fully saturated rings. The van der Waals surface area contributed by atoms with E-state index in [1.807, 2.05) is 0 Å². The van der Waals surface area contributed by atoms with Gasteiger partial charge in [0.05, 0.1) is 0 Å². The minimum atomic E-state index is 0.255. The van der Waals surface area contributed by atoms with E-state index < -0.39 is 0 Å². The number of nitrogens with zero attached hydrogens (tertiary/aromatic N) is 1. The number of rotatable bonds is 1. The molecule has 14 heavy (non-hydrogen) atoms. The molecule has 3 aliphatic heterocycles. The van der Waals surface area contributed by atoms with Crippen molar-refractivity contribution < 1.29 is 4.79 Å². The van der Waals surface area contributed by atoms with Crippen LogP contribution in [0.3, 0.4) is 0 Å². The van der Waals surface area contributed by atoms with E-state index in [0.29, 0.717) is 5.54 Å². The van der Waals surface area contributed by atoms with Gasteiger partial charge in [0.25, 0.3) is 0 Å². The van der Waals surface area contributed by atoms with Crippen LogP contribution < -0.4 is 5.32 Å². The Kier molecular flexibility index (Phi) is 1.56. The Morgan fingerprint density at radius 2 is 1.93 bits per heavy atom. The van der Waals surface area contributed by atoms with Crippen LogP contribution in [-0.4, -0.2) is 35.5 Å². The molecule has 3 heterocycles. The fourth-order valence-electron chi connectivity index (χ4n) is 4.03. The summed E-state index contributed by atoms with van der Waals surface area (Å²) < 4.78 is 0. The van der Waals surface area contributed by atoms with E-state index in [9.17, 15) is 4.79 Å². The molecule has 1 amide bonds. The van der Waals surface area contributed by atoms with Gasteiger partial charge in [-0.1, -0.05) is 0 Å². The molecule has 0 spiro atoms. The van der Waals surface area contributed by atoms with E-state index in [4.69, 9.17) is 0 Å². The summed E-state index contributed by atoms with van der Waals surface area (Å²) in [6, 6.07) is 1.43. The van der Waals surface area contributed by atoms with Gasteiger partial charge in [-0.25, -0.2) is 0 Å². The van der Waals surface area contributed by atoms with Crippen molar-refractivity contribution >= 4 is 5.91 Å². The molecular formula is C11H18N2O. The summed E-state index contributed by atoms with van der Waals surface area (Å²) in [6.07, 6.45) is 4.81. The van der Waals surface area contributed by atoms with Gasteiger partial charge in [0, 0.05) is 30.6 Å². The number of carbonyl (C=O) groups excluding carboxylic acids is 1. The molecular weight excluding hydrogens is 176 g/mol. The van der Waals surface area contributed by atoms with Gasteiger partial charge in [0.1, 0.15) is 0 Å². The highest BCUT2D eigenvalue weighted by Gasteiger charge is 2.62. The second-order valence-electron chi connectivity index (χ2n) is 5.40. The van der Waals surface area contributed by atoms with Crippen LogP contribution in [0.15, 0.2) is 0 Å². The van der Waals surface area contributed by atoms with Crippen molar-refractivity contribution in [3.63, 3.8) is 0 Å². The predicted molar refractivity (Wildman–Crippen MR) is 53.8 cm³/mol. The number of hydrogen-bond acceptors (Lipinski definition) is 2. The smallest absolute Gasteiger partial charge is 0.222 e. The van der Waals surface area contributed by atoms with Gasteiger partial charge in [-0.15, -0.1) is 0 Å². The Hall–Kier alpha value is -0.570. The average Bonchev–Trinajstić information content (AvgIpc) is 2.11. The maximum Gasteiger partial charge on any atom is 0.222 e. The summed E-state index contributed by atoms with van der Waals surface area (Å²) in [7, 11) is 1.75. The van der Waals surface area contributed by atoms with Crippen LogP contribution in [0.25, 0.3) is 0 Å². The first-order valence-corrected chi connectivity index (χ1v) is 5.64. The number of piperidine rings is 2. The molecule has 0 bridgehead atoms. The summed E-state index contributed by atoms with van der Waals surface area (Å²) in [5.41, 5.74) is 0.531. The Bertz CT molecular complexity index is 273. The molecule has 0 aromatic rings. The van der Waals surface area contributed by atoms with Crippen LogP contribution in [0.4, 0.5) is 0 Å². The van der Waals surface area contributed by atoms with Crippen LogP contribution >= 0.6 is 0 Å². The number of hydrogen-bond donors (Lipinski definition) is 1. The number of amides is 1. The third kappa shape index (κ3) is 0.888. The van der Waals surface area contributed by atoms with E-state index in [2.05, 4.69) is 17.1 Å². The van der Waals surface area contributed by atoms with Crippen LogP contribution in [0.5, 0.6) is 0 Å². The molecule has 2 unspecified atom stereocenters. The summed E-state index contributed by atoms with van der Waals surface area (Å²) in [5.74, 6) is 0.543. The SMILES string of the molecule is CNC(=O)C1CC2CC3(C)CC(C1)N23. The van der Waals surface area contributed by atoms with Gasteiger partial charge in [0.15, 0.2) is 0 Å². The van der Waals surface area contributed by atoms with Crippen molar-refractivity contribution in [1.29, 1.82) is 0 Å². The molecule has 0 saturated carbocycles. The van der Waals surface area contributed by atoms with Crippen molar-refractivity contribution in [1.82, 2.24) is 10.2 Å². The summed E-state index contributed by atoms with van der Waals surface area (Å²) >= 11 is 0. The largest absolute Gasteiger partial charge is 0.359 e. The summed E-state index contributed by atoms with van der Waals surface area (Å²) in [4.78, 5) is 14.2. The van der Waals surface area contributed by atoms with Crippen molar-refractivity contribution in [2.75, 3.05) is 7.05 Å². The van der Waals surface area contributed by atoms with E-state index >= 15 is 0 Å². The average molecular weight is 194 g/mol. The molecule has 0 radical (unpaired) electrons. The van der Waals surface area contributed by atoms with Gasteiger partial charge in [-0.3, -0.25) is 9.69 Å². The maximum atomic E-state index is 11.6. The normalized spacial score (nSPS) is 50.0. The highest BCUT2D eigenvalue weighted by atomic mass is 16.1. The van der Waals surface area contributed by atoms with Crippen molar-refractivity contribution in [2.24, 2.45) is 5.92 Å². The topological polar surface area (TPSA) is 32.3 Å². The van der Waals surface area contributed by atoms with Crippen LogP contribution in [-0.2, 0) is 4.79 Å². The third-order valence-electron chi connectivity index (χ3n) is 4.49. The molecule has 78 valence electrons. The fourth-order valence-corrected chi connectivity index (χ4v) is 4.03. The monoisotopic (exact) mass is 194 g/mol. The molecule has 3 aliphatic rings. The van der Waals surface area contributed by atoms with E-state index in [1.165, 1.54) is 12.8 Å². The fraction of sp³-hybridized carbons (Fsp3) is 0.909. The van der Waals surface area contributed by atoms with Crippen LogP contribution in [0.2, 0.25) is 0 Å². The molecule has 1 N–H and O–H groups in total. The van der Waals surface area contributed by atoms with Crippen LogP contribution in [0.1, 0.15) is 32.6 Å². The first kappa shape index (κ1) is 8.72. The first-order valence-electron chi connectivity index (χ1n) is 5.64. The van der Waals surface area contributed by atoms with E-state index in [0.717, 1.165) is 24.9 Å². The molecule has 0 aliphatic carbocycles. The lowest BCUT2D eigenvalue weighted by atomic mass is 9.59. The molecule has 2 atom stereocenters. The minimum Gasteiger partial charge on any atom is -0.359 e. The standard InChI is InChI=1S/C11H18N2O/c1-11-5-8-3-7(10(14)12-2)4-9(6-11)13(8)11/h7-9H,3-6H2,1-2H3,(H,12,14). The quantitative estimate of drug-likeness (QED) is 0.668. The molecule has 3 saturated heterocycles. The van der Waals surface area contributed by atoms with E-state index in [1.54, 1.807) is 7.05 Å². The highest BCUT2D eigenvalue weighted by Crippen LogP contribution is 2.57. The number of nitrogens with one attached hydrogen (secondary N) is 1. The van der Waals surface area contributed by atoms with Crippen molar-refractivity contribution in [3.05, 3.63) is 0 Å². The second-order valence-corrected chi connectivity index (χ2v) is 5.40. The van der Waals surface area contributed by atoms with Crippen molar-refractivity contribution in [2.45, 2.75) is 50.2 Å². The molecule has 0 aromatic carbocycles. The Morgan fingerprint density at radius 3 is 2.36 bits per heavy atom. The van der Waals surface area contributed by atoms with Gasteiger partial charge >= 0.3 is 0 Å². The lowest BCUT2D eigenvalue weighted by Crippen LogP contribution is -2.79. The van der Waals surface area contributed by atoms with Gasteiger partial charge in [-0.05, 0) is 32.6 Å². The zero-order valence-corrected chi connectivity index (χ0v) is 8.92. The molecule has 3 rings (SSSR count).